The van der Waals surface area contributed by atoms with E-state index in [-0.39, 0.29) is 42.7 Å². The summed E-state index contributed by atoms with van der Waals surface area (Å²) in [6.45, 7) is 3.11. The molecule has 1 amide bonds. The van der Waals surface area contributed by atoms with E-state index in [4.69, 9.17) is 4.74 Å². The monoisotopic (exact) mass is 504 g/mol. The molecule has 5 rings (SSSR count). The number of carbonyl (C=O) groups is 1. The summed E-state index contributed by atoms with van der Waals surface area (Å²) in [5.74, 6) is -1.80. The van der Waals surface area contributed by atoms with Crippen molar-refractivity contribution in [3.8, 4) is 0 Å². The van der Waals surface area contributed by atoms with Crippen LogP contribution in [0.4, 0.5) is 33.5 Å². The number of para-hydroxylation sites is 1. The van der Waals surface area contributed by atoms with Crippen LogP contribution in [0.15, 0.2) is 42.5 Å². The third kappa shape index (κ3) is 3.78. The van der Waals surface area contributed by atoms with Gasteiger partial charge in [0.1, 0.15) is 28.7 Å². The molecule has 11 heteroatoms. The third-order valence-electron chi connectivity index (χ3n) is 6.54. The van der Waals surface area contributed by atoms with Crippen LogP contribution < -0.4 is 10.2 Å². The highest BCUT2D eigenvalue weighted by atomic mass is 19.4. The average molecular weight is 504 g/mol. The first kappa shape index (κ1) is 24.1. The molecular formula is C25H21F5N4O2. The van der Waals surface area contributed by atoms with Crippen LogP contribution in [0.3, 0.4) is 0 Å². The number of nitrogens with one attached hydrogen (secondary N) is 1. The molecule has 188 valence electrons. The predicted octanol–water partition coefficient (Wildman–Crippen LogP) is 5.07. The number of hydrogen-bond acceptors (Lipinski definition) is 5. The van der Waals surface area contributed by atoms with Gasteiger partial charge < -0.3 is 15.0 Å². The zero-order valence-electron chi connectivity index (χ0n) is 19.3. The van der Waals surface area contributed by atoms with Gasteiger partial charge in [0.25, 0.3) is 0 Å². The summed E-state index contributed by atoms with van der Waals surface area (Å²) >= 11 is 0. The maximum absolute atomic E-state index is 14.8. The fourth-order valence-corrected chi connectivity index (χ4v) is 4.67. The highest BCUT2D eigenvalue weighted by molar-refractivity contribution is 6.04. The molecule has 2 aliphatic rings. The molecule has 1 aromatic heterocycles. The van der Waals surface area contributed by atoms with E-state index in [2.05, 4.69) is 15.3 Å². The fraction of sp³-hybridized carbons (Fsp3) is 0.320. The van der Waals surface area contributed by atoms with Crippen LogP contribution in [0.5, 0.6) is 0 Å². The van der Waals surface area contributed by atoms with Gasteiger partial charge in [-0.1, -0.05) is 24.3 Å². The van der Waals surface area contributed by atoms with Gasteiger partial charge in [-0.25, -0.2) is 18.7 Å². The molecule has 0 bridgehead atoms. The fourth-order valence-electron chi connectivity index (χ4n) is 4.67. The lowest BCUT2D eigenvalue weighted by atomic mass is 9.75. The predicted molar refractivity (Wildman–Crippen MR) is 120 cm³/mol. The second-order valence-corrected chi connectivity index (χ2v) is 8.94. The number of aryl methyl sites for hydroxylation is 1. The van der Waals surface area contributed by atoms with E-state index in [0.29, 0.717) is 23.1 Å². The molecule has 0 radical (unpaired) electrons. The van der Waals surface area contributed by atoms with E-state index in [1.165, 1.54) is 36.1 Å². The van der Waals surface area contributed by atoms with Crippen molar-refractivity contribution in [1.82, 2.24) is 9.97 Å². The first-order chi connectivity index (χ1) is 17.0. The van der Waals surface area contributed by atoms with E-state index < -0.39 is 34.8 Å². The summed E-state index contributed by atoms with van der Waals surface area (Å²) < 4.78 is 74.6. The highest BCUT2D eigenvalue weighted by Gasteiger charge is 2.56. The number of benzene rings is 2. The number of rotatable bonds is 4. The Hall–Kier alpha value is -3.60. The van der Waals surface area contributed by atoms with Gasteiger partial charge in [-0.3, -0.25) is 4.79 Å². The van der Waals surface area contributed by atoms with Crippen LogP contribution in [0.2, 0.25) is 0 Å². The SMILES string of the molecule is Cc1nc(N[C@H](C)c2cccc(C(F)(F)F)c2F)c2c(n1)C1(COC1)C(=O)N(c1ccccc1F)C2. The maximum atomic E-state index is 14.8. The van der Waals surface area contributed by atoms with E-state index >= 15 is 0 Å². The number of nitrogens with zero attached hydrogens (tertiary/aromatic N) is 3. The lowest BCUT2D eigenvalue weighted by Crippen LogP contribution is -2.62. The second-order valence-electron chi connectivity index (χ2n) is 8.94. The number of amides is 1. The lowest BCUT2D eigenvalue weighted by molar-refractivity contribution is -0.144. The molecule has 1 saturated heterocycles. The summed E-state index contributed by atoms with van der Waals surface area (Å²) in [5, 5.41) is 3.00. The van der Waals surface area contributed by atoms with E-state index in [9.17, 15) is 26.7 Å². The van der Waals surface area contributed by atoms with Crippen LogP contribution in [0, 0.1) is 18.6 Å². The van der Waals surface area contributed by atoms with Crippen molar-refractivity contribution >= 4 is 17.4 Å². The largest absolute Gasteiger partial charge is 0.419 e. The minimum atomic E-state index is -4.85. The molecule has 1 atom stereocenters. The van der Waals surface area contributed by atoms with E-state index in [1.807, 2.05) is 0 Å². The first-order valence-corrected chi connectivity index (χ1v) is 11.2. The summed E-state index contributed by atoms with van der Waals surface area (Å²) in [4.78, 5) is 23.7. The van der Waals surface area contributed by atoms with Gasteiger partial charge in [-0.15, -0.1) is 0 Å². The number of anilines is 2. The van der Waals surface area contributed by atoms with Crippen molar-refractivity contribution < 1.29 is 31.5 Å². The average Bonchev–Trinajstić information content (AvgIpc) is 2.77. The van der Waals surface area contributed by atoms with E-state index in [0.717, 1.165) is 6.07 Å². The first-order valence-electron chi connectivity index (χ1n) is 11.2. The normalized spacial score (nSPS) is 17.5. The summed E-state index contributed by atoms with van der Waals surface area (Å²) in [6, 6.07) is 8.00. The zero-order valence-corrected chi connectivity index (χ0v) is 19.3. The Kier molecular flexibility index (Phi) is 5.70. The summed E-state index contributed by atoms with van der Waals surface area (Å²) in [6.07, 6.45) is -4.85. The number of halogens is 5. The van der Waals surface area contributed by atoms with Crippen molar-refractivity contribution in [3.05, 3.63) is 82.3 Å². The zero-order chi connectivity index (χ0) is 25.8. The molecule has 1 spiro atoms. The molecule has 6 nitrogen and oxygen atoms in total. The molecule has 1 N–H and O–H groups in total. The number of ether oxygens (including phenoxy) is 1. The molecule has 1 fully saturated rings. The second kappa shape index (κ2) is 8.51. The van der Waals surface area contributed by atoms with Gasteiger partial charge in [-0.2, -0.15) is 13.2 Å². The minimum Gasteiger partial charge on any atom is -0.378 e. The highest BCUT2D eigenvalue weighted by Crippen LogP contribution is 2.44. The van der Waals surface area contributed by atoms with Crippen LogP contribution in [0.25, 0.3) is 0 Å². The lowest BCUT2D eigenvalue weighted by Gasteiger charge is -2.47. The van der Waals surface area contributed by atoms with Crippen molar-refractivity contribution in [2.75, 3.05) is 23.4 Å². The standard InChI is InChI=1S/C25H21F5N4O2/c1-13(15-6-5-7-17(20(15)27)25(28,29)30)31-22-16-10-34(19-9-4-3-8-18(19)26)23(35)24(11-36-12-24)21(16)32-14(2)33-22/h3-9,13H,10-12H2,1-2H3,(H,31,32,33)/t13-/m1/s1. The van der Waals surface area contributed by atoms with Gasteiger partial charge in [0.2, 0.25) is 5.91 Å². The van der Waals surface area contributed by atoms with Crippen molar-refractivity contribution in [3.63, 3.8) is 0 Å². The molecule has 3 aromatic rings. The van der Waals surface area contributed by atoms with E-state index in [1.54, 1.807) is 13.0 Å². The number of fused-ring (bicyclic) bond motifs is 2. The quantitative estimate of drug-likeness (QED) is 0.503. The summed E-state index contributed by atoms with van der Waals surface area (Å²) in [7, 11) is 0. The summed E-state index contributed by atoms with van der Waals surface area (Å²) in [5.41, 5.74) is -1.76. The van der Waals surface area contributed by atoms with Gasteiger partial charge in [0.15, 0.2) is 0 Å². The van der Waals surface area contributed by atoms with Crippen molar-refractivity contribution in [2.24, 2.45) is 0 Å². The minimum absolute atomic E-state index is 0.0392. The Bertz CT molecular complexity index is 1360. The van der Waals surface area contributed by atoms with Gasteiger partial charge in [0.05, 0.1) is 42.7 Å². The molecule has 0 unspecified atom stereocenters. The smallest absolute Gasteiger partial charge is 0.378 e. The van der Waals surface area contributed by atoms with Crippen LogP contribution in [-0.4, -0.2) is 29.1 Å². The molecule has 2 aromatic carbocycles. The number of hydrogen-bond donors (Lipinski definition) is 1. The molecule has 2 aliphatic heterocycles. The Balaban J connectivity index is 1.58. The Morgan fingerprint density at radius 2 is 1.81 bits per heavy atom. The van der Waals surface area contributed by atoms with Gasteiger partial charge in [0, 0.05) is 11.1 Å². The molecule has 3 heterocycles. The Morgan fingerprint density at radius 3 is 2.44 bits per heavy atom. The number of aromatic nitrogens is 2. The number of alkyl halides is 3. The number of carbonyl (C=O) groups excluding carboxylic acids is 1. The van der Waals surface area contributed by atoms with Crippen LogP contribution in [-0.2, 0) is 27.7 Å². The molecule has 36 heavy (non-hydrogen) atoms. The van der Waals surface area contributed by atoms with Crippen LogP contribution >= 0.6 is 0 Å². The molecule has 0 aliphatic carbocycles. The third-order valence-corrected chi connectivity index (χ3v) is 6.54. The van der Waals surface area contributed by atoms with Gasteiger partial charge in [-0.05, 0) is 32.0 Å². The maximum Gasteiger partial charge on any atom is 0.419 e. The Labute approximate surface area is 203 Å². The Morgan fingerprint density at radius 1 is 1.08 bits per heavy atom. The molecular weight excluding hydrogens is 483 g/mol. The van der Waals surface area contributed by atoms with Gasteiger partial charge >= 0.3 is 6.18 Å². The van der Waals surface area contributed by atoms with Crippen LogP contribution in [0.1, 0.15) is 41.2 Å². The molecule has 0 saturated carbocycles. The topological polar surface area (TPSA) is 67.4 Å². The van der Waals surface area contributed by atoms with Crippen molar-refractivity contribution in [1.29, 1.82) is 0 Å². The van der Waals surface area contributed by atoms with Crippen molar-refractivity contribution in [2.45, 2.75) is 38.0 Å².